The minimum atomic E-state index is 0.837. The smallest absolute Gasteiger partial charge is 0.204 e. The molecule has 0 bridgehead atoms. The lowest BCUT2D eigenvalue weighted by Crippen LogP contribution is -2.36. The van der Waals surface area contributed by atoms with Gasteiger partial charge in [0.15, 0.2) is 0 Å². The van der Waals surface area contributed by atoms with Crippen LogP contribution in [0.5, 0.6) is 0 Å². The van der Waals surface area contributed by atoms with Gasteiger partial charge >= 0.3 is 0 Å². The lowest BCUT2D eigenvalue weighted by atomic mass is 9.97. The molecule has 1 N–H and O–H groups in total. The summed E-state index contributed by atoms with van der Waals surface area (Å²) in [6, 6.07) is 0. The average molecular weight is 212 g/mol. The number of aromatic nitrogens is 2. The van der Waals surface area contributed by atoms with Crippen LogP contribution >= 0.6 is 11.5 Å². The fraction of sp³-hybridized carbons (Fsp3) is 0.778. The molecule has 2 rings (SSSR count). The Balaban J connectivity index is 1.84. The Kier molecular flexibility index (Phi) is 3.31. The molecule has 0 saturated carbocycles. The highest BCUT2D eigenvalue weighted by atomic mass is 32.1. The molecule has 5 heteroatoms. The van der Waals surface area contributed by atoms with E-state index in [2.05, 4.69) is 19.6 Å². The zero-order valence-electron chi connectivity index (χ0n) is 8.44. The van der Waals surface area contributed by atoms with Crippen molar-refractivity contribution in [2.24, 2.45) is 5.92 Å². The van der Waals surface area contributed by atoms with Gasteiger partial charge in [0.05, 0.1) is 0 Å². The van der Waals surface area contributed by atoms with Crippen LogP contribution in [0.1, 0.15) is 12.8 Å². The molecule has 0 aromatic carbocycles. The SMILES string of the molecule is CNCC1CCN(c2ncns2)CC1. The van der Waals surface area contributed by atoms with E-state index in [1.54, 1.807) is 6.33 Å². The van der Waals surface area contributed by atoms with E-state index in [0.717, 1.165) is 30.7 Å². The van der Waals surface area contributed by atoms with Gasteiger partial charge in [-0.25, -0.2) is 4.98 Å². The van der Waals surface area contributed by atoms with Crippen LogP contribution in [-0.2, 0) is 0 Å². The van der Waals surface area contributed by atoms with Crippen molar-refractivity contribution in [1.29, 1.82) is 0 Å². The third-order valence-electron chi connectivity index (χ3n) is 2.73. The molecular formula is C9H16N4S. The monoisotopic (exact) mass is 212 g/mol. The zero-order chi connectivity index (χ0) is 9.80. The summed E-state index contributed by atoms with van der Waals surface area (Å²) in [5, 5.41) is 4.32. The van der Waals surface area contributed by atoms with Gasteiger partial charge in [-0.2, -0.15) is 4.37 Å². The van der Waals surface area contributed by atoms with Gasteiger partial charge in [0.1, 0.15) is 6.33 Å². The van der Waals surface area contributed by atoms with Gasteiger partial charge in [0, 0.05) is 24.6 Å². The molecule has 0 radical (unpaired) electrons. The molecule has 1 fully saturated rings. The first-order valence-corrected chi connectivity index (χ1v) is 5.83. The summed E-state index contributed by atoms with van der Waals surface area (Å²) in [7, 11) is 2.02. The molecule has 0 atom stereocenters. The second-order valence-corrected chi connectivity index (χ2v) is 4.47. The number of hydrogen-bond acceptors (Lipinski definition) is 5. The predicted molar refractivity (Wildman–Crippen MR) is 58.8 cm³/mol. The van der Waals surface area contributed by atoms with E-state index in [0.29, 0.717) is 0 Å². The predicted octanol–water partition coefficient (Wildman–Crippen LogP) is 0.974. The minimum Gasteiger partial charge on any atom is -0.347 e. The van der Waals surface area contributed by atoms with Gasteiger partial charge in [0.25, 0.3) is 0 Å². The Morgan fingerprint density at radius 1 is 1.57 bits per heavy atom. The van der Waals surface area contributed by atoms with E-state index in [-0.39, 0.29) is 0 Å². The van der Waals surface area contributed by atoms with Gasteiger partial charge in [-0.05, 0) is 32.4 Å². The molecule has 0 unspecified atom stereocenters. The number of nitrogens with zero attached hydrogens (tertiary/aromatic N) is 3. The summed E-state index contributed by atoms with van der Waals surface area (Å²) in [5.41, 5.74) is 0. The van der Waals surface area contributed by atoms with E-state index in [1.165, 1.54) is 24.4 Å². The second-order valence-electron chi connectivity index (χ2n) is 3.71. The molecule has 1 aliphatic heterocycles. The first kappa shape index (κ1) is 9.86. The Bertz CT molecular complexity index is 254. The summed E-state index contributed by atoms with van der Waals surface area (Å²) in [5.74, 6) is 0.837. The summed E-state index contributed by atoms with van der Waals surface area (Å²) in [6.45, 7) is 3.40. The van der Waals surface area contributed by atoms with Crippen molar-refractivity contribution in [3.8, 4) is 0 Å². The van der Waals surface area contributed by atoms with Crippen molar-refractivity contribution in [2.75, 3.05) is 31.6 Å². The van der Waals surface area contributed by atoms with Crippen molar-refractivity contribution in [1.82, 2.24) is 14.7 Å². The van der Waals surface area contributed by atoms with Gasteiger partial charge in [0.2, 0.25) is 5.13 Å². The third kappa shape index (κ3) is 2.22. The molecule has 1 aliphatic rings. The molecular weight excluding hydrogens is 196 g/mol. The van der Waals surface area contributed by atoms with E-state index in [9.17, 15) is 0 Å². The molecule has 14 heavy (non-hydrogen) atoms. The Hall–Kier alpha value is -0.680. The molecule has 1 saturated heterocycles. The molecule has 78 valence electrons. The van der Waals surface area contributed by atoms with Crippen LogP contribution in [-0.4, -0.2) is 36.0 Å². The van der Waals surface area contributed by atoms with Crippen molar-refractivity contribution in [3.63, 3.8) is 0 Å². The van der Waals surface area contributed by atoms with E-state index >= 15 is 0 Å². The van der Waals surface area contributed by atoms with E-state index < -0.39 is 0 Å². The number of nitrogens with one attached hydrogen (secondary N) is 1. The summed E-state index contributed by atoms with van der Waals surface area (Å²) >= 11 is 1.49. The fourth-order valence-electron chi connectivity index (χ4n) is 1.92. The molecule has 4 nitrogen and oxygen atoms in total. The van der Waals surface area contributed by atoms with Gasteiger partial charge < -0.3 is 10.2 Å². The van der Waals surface area contributed by atoms with Crippen LogP contribution in [0.25, 0.3) is 0 Å². The number of rotatable bonds is 3. The van der Waals surface area contributed by atoms with Gasteiger partial charge in [-0.15, -0.1) is 0 Å². The number of piperidine rings is 1. The third-order valence-corrected chi connectivity index (χ3v) is 3.45. The van der Waals surface area contributed by atoms with E-state index in [4.69, 9.17) is 0 Å². The quantitative estimate of drug-likeness (QED) is 0.810. The summed E-state index contributed by atoms with van der Waals surface area (Å²) < 4.78 is 4.03. The van der Waals surface area contributed by atoms with Crippen molar-refractivity contribution >= 4 is 16.7 Å². The maximum Gasteiger partial charge on any atom is 0.204 e. The number of anilines is 1. The van der Waals surface area contributed by atoms with Crippen LogP contribution in [0.2, 0.25) is 0 Å². The topological polar surface area (TPSA) is 41.0 Å². The van der Waals surface area contributed by atoms with Gasteiger partial charge in [-0.3, -0.25) is 0 Å². The van der Waals surface area contributed by atoms with Crippen molar-refractivity contribution in [3.05, 3.63) is 6.33 Å². The summed E-state index contributed by atoms with van der Waals surface area (Å²) in [4.78, 5) is 6.57. The fourth-order valence-corrected chi connectivity index (χ4v) is 2.50. The minimum absolute atomic E-state index is 0.837. The van der Waals surface area contributed by atoms with Crippen molar-refractivity contribution in [2.45, 2.75) is 12.8 Å². The molecule has 0 amide bonds. The lowest BCUT2D eigenvalue weighted by molar-refractivity contribution is 0.393. The maximum atomic E-state index is 4.23. The van der Waals surface area contributed by atoms with Crippen LogP contribution in [0.4, 0.5) is 5.13 Å². The molecule has 0 spiro atoms. The molecule has 1 aromatic rings. The highest BCUT2D eigenvalue weighted by molar-refractivity contribution is 7.09. The Labute approximate surface area is 88.5 Å². The van der Waals surface area contributed by atoms with Crippen molar-refractivity contribution < 1.29 is 0 Å². The zero-order valence-corrected chi connectivity index (χ0v) is 9.26. The van der Waals surface area contributed by atoms with Crippen LogP contribution < -0.4 is 10.2 Å². The first-order chi connectivity index (χ1) is 6.90. The lowest BCUT2D eigenvalue weighted by Gasteiger charge is -2.31. The van der Waals surface area contributed by atoms with Crippen LogP contribution in [0, 0.1) is 5.92 Å². The maximum absolute atomic E-state index is 4.23. The van der Waals surface area contributed by atoms with Gasteiger partial charge in [-0.1, -0.05) is 0 Å². The van der Waals surface area contributed by atoms with E-state index in [1.807, 2.05) is 7.05 Å². The second kappa shape index (κ2) is 4.70. The normalized spacial score (nSPS) is 18.8. The van der Waals surface area contributed by atoms with Crippen LogP contribution in [0.15, 0.2) is 6.33 Å². The highest BCUT2D eigenvalue weighted by Gasteiger charge is 2.20. The Morgan fingerprint density at radius 3 is 2.93 bits per heavy atom. The Morgan fingerprint density at radius 2 is 2.36 bits per heavy atom. The number of hydrogen-bond donors (Lipinski definition) is 1. The largest absolute Gasteiger partial charge is 0.347 e. The standard InChI is InChI=1S/C9H16N4S/c1-10-6-8-2-4-13(5-3-8)9-11-7-12-14-9/h7-8,10H,2-6H2,1H3. The first-order valence-electron chi connectivity index (χ1n) is 5.06. The molecule has 0 aliphatic carbocycles. The molecule has 1 aromatic heterocycles. The average Bonchev–Trinajstić information content (AvgIpc) is 2.72. The highest BCUT2D eigenvalue weighted by Crippen LogP contribution is 2.22. The summed E-state index contributed by atoms with van der Waals surface area (Å²) in [6.07, 6.45) is 4.17. The van der Waals surface area contributed by atoms with Crippen LogP contribution in [0.3, 0.4) is 0 Å². The molecule has 2 heterocycles.